The van der Waals surface area contributed by atoms with Crippen LogP contribution in [0, 0.1) is 5.82 Å². The van der Waals surface area contributed by atoms with Crippen LogP contribution in [0.1, 0.15) is 27.2 Å². The number of anilines is 1. The van der Waals surface area contributed by atoms with Crippen molar-refractivity contribution in [2.45, 2.75) is 19.4 Å². The van der Waals surface area contributed by atoms with Crippen LogP contribution in [-0.4, -0.2) is 19.6 Å². The van der Waals surface area contributed by atoms with Gasteiger partial charge in [0.05, 0.1) is 11.5 Å². The first kappa shape index (κ1) is 16.2. The molecule has 2 aromatic carbocycles. The van der Waals surface area contributed by atoms with Gasteiger partial charge >= 0.3 is 0 Å². The number of para-hydroxylation sites is 1. The van der Waals surface area contributed by atoms with Crippen molar-refractivity contribution in [2.75, 3.05) is 18.6 Å². The molecule has 0 bridgehead atoms. The molecule has 0 saturated carbocycles. The van der Waals surface area contributed by atoms with Gasteiger partial charge in [0.25, 0.3) is 5.91 Å². The Kier molecular flexibility index (Phi) is 4.27. The van der Waals surface area contributed by atoms with E-state index in [-0.39, 0.29) is 18.3 Å². The van der Waals surface area contributed by atoms with Crippen LogP contribution >= 0.6 is 11.3 Å². The summed E-state index contributed by atoms with van der Waals surface area (Å²) in [5.74, 6) is -0.376. The number of aryl methyl sites for hydroxylation is 1. The molecule has 5 heteroatoms. The van der Waals surface area contributed by atoms with E-state index in [1.54, 1.807) is 13.2 Å². The number of thiophene rings is 1. The summed E-state index contributed by atoms with van der Waals surface area (Å²) in [6.45, 7) is 0.899. The number of carbonyl (C=O) groups is 1. The molecule has 25 heavy (non-hydrogen) atoms. The predicted molar refractivity (Wildman–Crippen MR) is 98.9 cm³/mol. The maximum absolute atomic E-state index is 14.4. The molecule has 128 valence electrons. The summed E-state index contributed by atoms with van der Waals surface area (Å²) in [5, 5.41) is 0.503. The zero-order valence-corrected chi connectivity index (χ0v) is 14.7. The highest BCUT2D eigenvalue weighted by Gasteiger charge is 2.28. The number of halogens is 1. The summed E-state index contributed by atoms with van der Waals surface area (Å²) < 4.78 is 20.4. The molecule has 0 spiro atoms. The quantitative estimate of drug-likeness (QED) is 0.677. The summed E-state index contributed by atoms with van der Waals surface area (Å²) in [6, 6.07) is 13.0. The maximum atomic E-state index is 14.4. The first-order valence-corrected chi connectivity index (χ1v) is 9.11. The van der Waals surface area contributed by atoms with Gasteiger partial charge in [0.1, 0.15) is 5.82 Å². The molecule has 1 amide bonds. The lowest BCUT2D eigenvalue weighted by Crippen LogP contribution is -2.35. The molecule has 0 atom stereocenters. The molecule has 1 aliphatic rings. The van der Waals surface area contributed by atoms with Gasteiger partial charge < -0.3 is 9.64 Å². The number of nitrogens with zero attached hydrogens (tertiary/aromatic N) is 1. The van der Waals surface area contributed by atoms with Gasteiger partial charge in [-0.05, 0) is 36.6 Å². The molecule has 3 nitrogen and oxygen atoms in total. The second-order valence-electron chi connectivity index (χ2n) is 6.14. The highest BCUT2D eigenvalue weighted by molar-refractivity contribution is 7.21. The number of fused-ring (bicyclic) bond motifs is 2. The van der Waals surface area contributed by atoms with E-state index < -0.39 is 0 Å². The third-order valence-corrected chi connectivity index (χ3v) is 5.79. The van der Waals surface area contributed by atoms with Crippen LogP contribution in [-0.2, 0) is 17.8 Å². The van der Waals surface area contributed by atoms with Crippen molar-refractivity contribution in [3.63, 3.8) is 0 Å². The molecular formula is C20H18FNO2S. The Labute approximate surface area is 149 Å². The molecule has 2 heterocycles. The maximum Gasteiger partial charge on any atom is 0.268 e. The van der Waals surface area contributed by atoms with Crippen molar-refractivity contribution >= 4 is 33.0 Å². The Bertz CT molecular complexity index is 950. The Hall–Kier alpha value is -2.24. The zero-order valence-electron chi connectivity index (χ0n) is 13.9. The average molecular weight is 355 g/mol. The summed E-state index contributed by atoms with van der Waals surface area (Å²) in [5.41, 5.74) is 2.79. The van der Waals surface area contributed by atoms with E-state index in [0.717, 1.165) is 23.2 Å². The highest BCUT2D eigenvalue weighted by atomic mass is 32.1. The standard InChI is InChI=1S/C20H18FNO2S/c1-24-12-14-18-15(21)8-4-10-17(18)25-19(14)20(23)22-11-5-7-13-6-2-3-9-16(13)22/h2-4,6,8-10H,5,7,11-12H2,1H3. The van der Waals surface area contributed by atoms with Gasteiger partial charge in [0, 0.05) is 35.0 Å². The van der Waals surface area contributed by atoms with Crippen molar-refractivity contribution in [3.8, 4) is 0 Å². The van der Waals surface area contributed by atoms with Crippen molar-refractivity contribution < 1.29 is 13.9 Å². The smallest absolute Gasteiger partial charge is 0.268 e. The molecular weight excluding hydrogens is 337 g/mol. The van der Waals surface area contributed by atoms with Gasteiger partial charge in [-0.1, -0.05) is 24.3 Å². The summed E-state index contributed by atoms with van der Waals surface area (Å²) >= 11 is 1.34. The fourth-order valence-corrected chi connectivity index (χ4v) is 4.66. The largest absolute Gasteiger partial charge is 0.380 e. The monoisotopic (exact) mass is 355 g/mol. The van der Waals surface area contributed by atoms with Crippen molar-refractivity contribution in [2.24, 2.45) is 0 Å². The van der Waals surface area contributed by atoms with Crippen LogP contribution in [0.4, 0.5) is 10.1 Å². The minimum absolute atomic E-state index is 0.0696. The van der Waals surface area contributed by atoms with E-state index in [4.69, 9.17) is 4.74 Å². The molecule has 0 N–H and O–H groups in total. The number of hydrogen-bond acceptors (Lipinski definition) is 3. The summed E-state index contributed by atoms with van der Waals surface area (Å²) in [7, 11) is 1.56. The number of rotatable bonds is 3. The molecule has 1 aliphatic heterocycles. The van der Waals surface area contributed by atoms with E-state index in [1.165, 1.54) is 23.0 Å². The molecule has 3 aromatic rings. The Morgan fingerprint density at radius 1 is 1.24 bits per heavy atom. The van der Waals surface area contributed by atoms with Crippen LogP contribution < -0.4 is 4.90 Å². The lowest BCUT2D eigenvalue weighted by atomic mass is 10.0. The van der Waals surface area contributed by atoms with Gasteiger partial charge in [0.2, 0.25) is 0 Å². The fraction of sp³-hybridized carbons (Fsp3) is 0.250. The minimum Gasteiger partial charge on any atom is -0.380 e. The topological polar surface area (TPSA) is 29.5 Å². The van der Waals surface area contributed by atoms with Gasteiger partial charge in [-0.25, -0.2) is 4.39 Å². The Morgan fingerprint density at radius 2 is 2.08 bits per heavy atom. The van der Waals surface area contributed by atoms with E-state index in [0.29, 0.717) is 22.4 Å². The minimum atomic E-state index is -0.307. The van der Waals surface area contributed by atoms with Gasteiger partial charge in [-0.3, -0.25) is 4.79 Å². The Balaban J connectivity index is 1.84. The molecule has 0 fully saturated rings. The van der Waals surface area contributed by atoms with Crippen molar-refractivity contribution in [3.05, 3.63) is 64.3 Å². The number of methoxy groups -OCH3 is 1. The first-order chi connectivity index (χ1) is 12.2. The predicted octanol–water partition coefficient (Wildman–Crippen LogP) is 4.78. The van der Waals surface area contributed by atoms with Crippen LogP contribution in [0.5, 0.6) is 0 Å². The van der Waals surface area contributed by atoms with Crippen LogP contribution in [0.25, 0.3) is 10.1 Å². The van der Waals surface area contributed by atoms with Crippen molar-refractivity contribution in [1.29, 1.82) is 0 Å². The van der Waals surface area contributed by atoms with Crippen LogP contribution in [0.2, 0.25) is 0 Å². The first-order valence-electron chi connectivity index (χ1n) is 8.29. The molecule has 4 rings (SSSR count). The van der Waals surface area contributed by atoms with Crippen molar-refractivity contribution in [1.82, 2.24) is 0 Å². The SMILES string of the molecule is COCc1c(C(=O)N2CCCc3ccccc32)sc2cccc(F)c12. The second kappa shape index (κ2) is 6.58. The van der Waals surface area contributed by atoms with E-state index in [9.17, 15) is 9.18 Å². The third-order valence-electron chi connectivity index (χ3n) is 4.60. The number of amides is 1. The number of hydrogen-bond donors (Lipinski definition) is 0. The summed E-state index contributed by atoms with van der Waals surface area (Å²) in [6.07, 6.45) is 1.91. The number of benzene rings is 2. The normalized spacial score (nSPS) is 13.9. The third kappa shape index (κ3) is 2.73. The van der Waals surface area contributed by atoms with Gasteiger partial charge in [0.15, 0.2) is 0 Å². The second-order valence-corrected chi connectivity index (χ2v) is 7.20. The number of ether oxygens (including phenoxy) is 1. The lowest BCUT2D eigenvalue weighted by Gasteiger charge is -2.29. The zero-order chi connectivity index (χ0) is 17.4. The average Bonchev–Trinajstić information content (AvgIpc) is 3.01. The van der Waals surface area contributed by atoms with E-state index in [2.05, 4.69) is 6.07 Å². The highest BCUT2D eigenvalue weighted by Crippen LogP contribution is 2.36. The summed E-state index contributed by atoms with van der Waals surface area (Å²) in [4.78, 5) is 15.7. The van der Waals surface area contributed by atoms with Crippen LogP contribution in [0.15, 0.2) is 42.5 Å². The number of carbonyl (C=O) groups excluding carboxylic acids is 1. The van der Waals surface area contributed by atoms with Gasteiger partial charge in [-0.2, -0.15) is 0 Å². The van der Waals surface area contributed by atoms with E-state index >= 15 is 0 Å². The Morgan fingerprint density at radius 3 is 2.92 bits per heavy atom. The fourth-order valence-electron chi connectivity index (χ4n) is 3.49. The van der Waals surface area contributed by atoms with Crippen LogP contribution in [0.3, 0.4) is 0 Å². The van der Waals surface area contributed by atoms with E-state index in [1.807, 2.05) is 29.2 Å². The van der Waals surface area contributed by atoms with Gasteiger partial charge in [-0.15, -0.1) is 11.3 Å². The molecule has 0 saturated heterocycles. The molecule has 0 unspecified atom stereocenters. The lowest BCUT2D eigenvalue weighted by molar-refractivity contribution is 0.0985. The molecule has 0 aliphatic carbocycles. The molecule has 0 radical (unpaired) electrons. The molecule has 1 aromatic heterocycles.